The third kappa shape index (κ3) is 4.75. The van der Waals surface area contributed by atoms with Gasteiger partial charge in [0.15, 0.2) is 5.13 Å². The van der Waals surface area contributed by atoms with Crippen LogP contribution in [-0.4, -0.2) is 55.8 Å². The molecule has 124 valence electrons. The summed E-state index contributed by atoms with van der Waals surface area (Å²) in [5.41, 5.74) is 8.09. The predicted molar refractivity (Wildman–Crippen MR) is 95.8 cm³/mol. The van der Waals surface area contributed by atoms with Crippen molar-refractivity contribution in [3.8, 4) is 11.3 Å². The van der Waals surface area contributed by atoms with Gasteiger partial charge in [0.05, 0.1) is 18.9 Å². The van der Waals surface area contributed by atoms with Crippen LogP contribution in [0, 0.1) is 0 Å². The lowest BCUT2D eigenvalue weighted by Crippen LogP contribution is -2.40. The molecule has 1 aliphatic heterocycles. The molecular formula is C17H24N4OS. The quantitative estimate of drug-likeness (QED) is 0.758. The van der Waals surface area contributed by atoms with Crippen LogP contribution in [0.15, 0.2) is 30.3 Å². The zero-order valence-electron chi connectivity index (χ0n) is 13.3. The number of thiazole rings is 1. The zero-order chi connectivity index (χ0) is 15.9. The topological polar surface area (TPSA) is 63.4 Å². The fraction of sp³-hybridized carbons (Fsp3) is 0.471. The number of ether oxygens (including phenoxy) is 1. The van der Waals surface area contributed by atoms with Crippen LogP contribution in [0.3, 0.4) is 0 Å². The van der Waals surface area contributed by atoms with Gasteiger partial charge in [-0.05, 0) is 6.42 Å². The molecule has 1 aliphatic rings. The highest BCUT2D eigenvalue weighted by Crippen LogP contribution is 2.29. The normalized spacial score (nSPS) is 15.8. The Bertz CT molecular complexity index is 596. The number of nitrogens with one attached hydrogen (secondary N) is 1. The molecule has 1 saturated heterocycles. The van der Waals surface area contributed by atoms with E-state index in [1.165, 1.54) is 4.88 Å². The summed E-state index contributed by atoms with van der Waals surface area (Å²) in [4.78, 5) is 8.20. The number of nitrogens with zero attached hydrogens (tertiary/aromatic N) is 2. The second-order valence-corrected chi connectivity index (χ2v) is 6.76. The summed E-state index contributed by atoms with van der Waals surface area (Å²) in [6.45, 7) is 6.86. The maximum atomic E-state index is 5.91. The predicted octanol–water partition coefficient (Wildman–Crippen LogP) is 1.86. The molecule has 1 aromatic carbocycles. The Balaban J connectivity index is 1.47. The van der Waals surface area contributed by atoms with Crippen molar-refractivity contribution in [2.45, 2.75) is 6.42 Å². The van der Waals surface area contributed by atoms with Gasteiger partial charge in [-0.25, -0.2) is 4.98 Å². The van der Waals surface area contributed by atoms with Crippen LogP contribution in [0.4, 0.5) is 5.13 Å². The van der Waals surface area contributed by atoms with E-state index in [0.717, 1.165) is 63.6 Å². The van der Waals surface area contributed by atoms with Gasteiger partial charge in [-0.1, -0.05) is 30.3 Å². The Kier molecular flexibility index (Phi) is 5.99. The Morgan fingerprint density at radius 2 is 1.96 bits per heavy atom. The van der Waals surface area contributed by atoms with E-state index in [1.807, 2.05) is 18.2 Å². The largest absolute Gasteiger partial charge is 0.379 e. The molecule has 3 rings (SSSR count). The maximum Gasteiger partial charge on any atom is 0.180 e. The highest BCUT2D eigenvalue weighted by molar-refractivity contribution is 7.15. The minimum Gasteiger partial charge on any atom is -0.379 e. The van der Waals surface area contributed by atoms with E-state index in [1.54, 1.807) is 11.3 Å². The van der Waals surface area contributed by atoms with Crippen molar-refractivity contribution < 1.29 is 4.74 Å². The molecule has 23 heavy (non-hydrogen) atoms. The number of aromatic nitrogens is 1. The van der Waals surface area contributed by atoms with Crippen molar-refractivity contribution in [2.24, 2.45) is 0 Å². The Labute approximate surface area is 141 Å². The second kappa shape index (κ2) is 8.40. The first kappa shape index (κ1) is 16.4. The minimum atomic E-state index is 0.646. The van der Waals surface area contributed by atoms with E-state index >= 15 is 0 Å². The molecule has 0 unspecified atom stereocenters. The van der Waals surface area contributed by atoms with E-state index < -0.39 is 0 Å². The summed E-state index contributed by atoms with van der Waals surface area (Å²) in [6, 6.07) is 10.3. The number of benzene rings is 1. The molecule has 1 aromatic heterocycles. The average molecular weight is 332 g/mol. The Morgan fingerprint density at radius 3 is 2.74 bits per heavy atom. The van der Waals surface area contributed by atoms with Gasteiger partial charge >= 0.3 is 0 Å². The second-order valence-electron chi connectivity index (χ2n) is 5.64. The van der Waals surface area contributed by atoms with E-state index in [4.69, 9.17) is 10.5 Å². The molecule has 0 radical (unpaired) electrons. The molecule has 2 aromatic rings. The van der Waals surface area contributed by atoms with E-state index in [9.17, 15) is 0 Å². The van der Waals surface area contributed by atoms with Crippen molar-refractivity contribution >= 4 is 16.5 Å². The number of rotatable bonds is 7. The van der Waals surface area contributed by atoms with Crippen LogP contribution in [-0.2, 0) is 11.2 Å². The van der Waals surface area contributed by atoms with Crippen molar-refractivity contribution in [3.63, 3.8) is 0 Å². The van der Waals surface area contributed by atoms with Gasteiger partial charge in [0, 0.05) is 43.2 Å². The van der Waals surface area contributed by atoms with Crippen molar-refractivity contribution in [2.75, 3.05) is 51.7 Å². The van der Waals surface area contributed by atoms with Crippen molar-refractivity contribution in [1.82, 2.24) is 15.2 Å². The van der Waals surface area contributed by atoms with Gasteiger partial charge in [0.2, 0.25) is 0 Å². The van der Waals surface area contributed by atoms with Crippen LogP contribution < -0.4 is 11.1 Å². The van der Waals surface area contributed by atoms with Crippen LogP contribution in [0.25, 0.3) is 11.3 Å². The summed E-state index contributed by atoms with van der Waals surface area (Å²) >= 11 is 1.60. The van der Waals surface area contributed by atoms with E-state index in [-0.39, 0.29) is 0 Å². The van der Waals surface area contributed by atoms with Crippen LogP contribution >= 0.6 is 11.3 Å². The van der Waals surface area contributed by atoms with Gasteiger partial charge in [-0.3, -0.25) is 4.90 Å². The minimum absolute atomic E-state index is 0.646. The van der Waals surface area contributed by atoms with Crippen molar-refractivity contribution in [3.05, 3.63) is 35.2 Å². The average Bonchev–Trinajstić information content (AvgIpc) is 2.97. The number of morpholine rings is 1. The van der Waals surface area contributed by atoms with Gasteiger partial charge in [0.25, 0.3) is 0 Å². The number of hydrogen-bond donors (Lipinski definition) is 2. The molecular weight excluding hydrogens is 308 g/mol. The fourth-order valence-electron chi connectivity index (χ4n) is 2.75. The number of hydrogen-bond acceptors (Lipinski definition) is 6. The third-order valence-corrected chi connectivity index (χ3v) is 4.94. The van der Waals surface area contributed by atoms with Gasteiger partial charge in [0.1, 0.15) is 0 Å². The lowest BCUT2D eigenvalue weighted by molar-refractivity contribution is 0.0385. The maximum absolute atomic E-state index is 5.91. The first-order chi connectivity index (χ1) is 11.3. The number of nitrogens with two attached hydrogens (primary N) is 1. The number of anilines is 1. The SMILES string of the molecule is Nc1nc(-c2ccccc2)c(CCNCCN2CCOCC2)s1. The molecule has 0 bridgehead atoms. The molecule has 0 aliphatic carbocycles. The van der Waals surface area contributed by atoms with E-state index in [0.29, 0.717) is 5.13 Å². The smallest absolute Gasteiger partial charge is 0.180 e. The van der Waals surface area contributed by atoms with E-state index in [2.05, 4.69) is 27.3 Å². The zero-order valence-corrected chi connectivity index (χ0v) is 14.1. The summed E-state index contributed by atoms with van der Waals surface area (Å²) in [7, 11) is 0. The molecule has 0 atom stereocenters. The van der Waals surface area contributed by atoms with Gasteiger partial charge in [-0.15, -0.1) is 11.3 Å². The first-order valence-electron chi connectivity index (χ1n) is 8.14. The standard InChI is InChI=1S/C17H24N4OS/c18-17-20-16(14-4-2-1-3-5-14)15(23-17)6-7-19-8-9-21-10-12-22-13-11-21/h1-5,19H,6-13H2,(H2,18,20). The lowest BCUT2D eigenvalue weighted by atomic mass is 10.1. The molecule has 3 N–H and O–H groups in total. The Morgan fingerprint density at radius 1 is 1.17 bits per heavy atom. The highest BCUT2D eigenvalue weighted by atomic mass is 32.1. The van der Waals surface area contributed by atoms with Crippen LogP contribution in [0.5, 0.6) is 0 Å². The molecule has 0 spiro atoms. The molecule has 5 nitrogen and oxygen atoms in total. The van der Waals surface area contributed by atoms with Gasteiger partial charge in [-0.2, -0.15) is 0 Å². The first-order valence-corrected chi connectivity index (χ1v) is 8.96. The van der Waals surface area contributed by atoms with Crippen molar-refractivity contribution in [1.29, 1.82) is 0 Å². The monoisotopic (exact) mass is 332 g/mol. The molecule has 0 amide bonds. The Hall–Kier alpha value is -1.47. The summed E-state index contributed by atoms with van der Waals surface area (Å²) in [6.07, 6.45) is 0.961. The summed E-state index contributed by atoms with van der Waals surface area (Å²) < 4.78 is 5.36. The highest BCUT2D eigenvalue weighted by Gasteiger charge is 2.12. The summed E-state index contributed by atoms with van der Waals surface area (Å²) in [5, 5.41) is 4.17. The third-order valence-electron chi connectivity index (χ3n) is 4.00. The number of nitrogen functional groups attached to an aromatic ring is 1. The molecule has 6 heteroatoms. The molecule has 2 heterocycles. The van der Waals surface area contributed by atoms with Gasteiger partial charge < -0.3 is 15.8 Å². The molecule has 0 saturated carbocycles. The summed E-state index contributed by atoms with van der Waals surface area (Å²) in [5.74, 6) is 0. The van der Waals surface area contributed by atoms with Crippen LogP contribution in [0.1, 0.15) is 4.88 Å². The van der Waals surface area contributed by atoms with Crippen LogP contribution in [0.2, 0.25) is 0 Å². The fourth-order valence-corrected chi connectivity index (χ4v) is 3.60. The molecule has 1 fully saturated rings. The lowest BCUT2D eigenvalue weighted by Gasteiger charge is -2.26.